The highest BCUT2D eigenvalue weighted by molar-refractivity contribution is 5.71. The third kappa shape index (κ3) is 4.86. The van der Waals surface area contributed by atoms with E-state index in [9.17, 15) is 4.79 Å². The fourth-order valence-corrected chi connectivity index (χ4v) is 2.19. The fourth-order valence-electron chi connectivity index (χ4n) is 2.19. The summed E-state index contributed by atoms with van der Waals surface area (Å²) in [5, 5.41) is 3.28. The molecule has 0 bridgehead atoms. The van der Waals surface area contributed by atoms with Gasteiger partial charge in [0.2, 0.25) is 0 Å². The quantitative estimate of drug-likeness (QED) is 0.628. The van der Waals surface area contributed by atoms with Crippen LogP contribution in [-0.4, -0.2) is 19.1 Å². The second-order valence-electron chi connectivity index (χ2n) is 4.89. The van der Waals surface area contributed by atoms with E-state index in [4.69, 9.17) is 4.74 Å². The summed E-state index contributed by atoms with van der Waals surface area (Å²) in [6.45, 7) is 2.39. The van der Waals surface area contributed by atoms with E-state index in [1.165, 1.54) is 0 Å². The van der Waals surface area contributed by atoms with E-state index in [1.807, 2.05) is 55.5 Å². The van der Waals surface area contributed by atoms with Crippen molar-refractivity contribution in [3.05, 3.63) is 83.9 Å². The molecule has 0 saturated carbocycles. The zero-order valence-corrected chi connectivity index (χ0v) is 12.7. The van der Waals surface area contributed by atoms with Gasteiger partial charge in [-0.05, 0) is 18.1 Å². The number of hydrogen-bond donors (Lipinski definition) is 1. The number of hydrogen-bond acceptors (Lipinski definition) is 3. The van der Waals surface area contributed by atoms with Gasteiger partial charge in [-0.15, -0.1) is 0 Å². The first-order valence-electron chi connectivity index (χ1n) is 7.41. The van der Waals surface area contributed by atoms with Crippen LogP contribution in [-0.2, 0) is 9.53 Å². The molecule has 0 heterocycles. The average Bonchev–Trinajstić information content (AvgIpc) is 2.57. The van der Waals surface area contributed by atoms with Crippen LogP contribution in [0.25, 0.3) is 0 Å². The Morgan fingerprint density at radius 2 is 1.59 bits per heavy atom. The maximum atomic E-state index is 11.8. The Morgan fingerprint density at radius 1 is 1.05 bits per heavy atom. The molecular formula is C19H21NO2. The van der Waals surface area contributed by atoms with E-state index in [0.29, 0.717) is 6.61 Å². The number of esters is 1. The zero-order chi connectivity index (χ0) is 15.6. The van der Waals surface area contributed by atoms with Crippen LogP contribution in [0.5, 0.6) is 0 Å². The zero-order valence-electron chi connectivity index (χ0n) is 12.7. The normalized spacial score (nSPS) is 11.0. The first-order valence-corrected chi connectivity index (χ1v) is 7.41. The smallest absolute Gasteiger partial charge is 0.320 e. The monoisotopic (exact) mass is 295 g/mol. The third-order valence-corrected chi connectivity index (χ3v) is 3.29. The van der Waals surface area contributed by atoms with Gasteiger partial charge in [0.15, 0.2) is 0 Å². The van der Waals surface area contributed by atoms with Gasteiger partial charge in [-0.2, -0.15) is 0 Å². The molecular weight excluding hydrogens is 274 g/mol. The van der Waals surface area contributed by atoms with E-state index in [2.05, 4.69) is 29.6 Å². The highest BCUT2D eigenvalue weighted by Crippen LogP contribution is 2.21. The summed E-state index contributed by atoms with van der Waals surface area (Å²) in [5.74, 6) is -0.255. The van der Waals surface area contributed by atoms with Crippen LogP contribution in [0.1, 0.15) is 24.1 Å². The molecule has 2 rings (SSSR count). The first-order chi connectivity index (χ1) is 10.8. The van der Waals surface area contributed by atoms with E-state index in [0.717, 1.165) is 11.1 Å². The van der Waals surface area contributed by atoms with Gasteiger partial charge in [-0.25, -0.2) is 0 Å². The molecule has 0 spiro atoms. The maximum absolute atomic E-state index is 11.8. The van der Waals surface area contributed by atoms with Crippen molar-refractivity contribution in [2.45, 2.75) is 13.0 Å². The minimum Gasteiger partial charge on any atom is -0.461 e. The maximum Gasteiger partial charge on any atom is 0.320 e. The predicted octanol–water partition coefficient (Wildman–Crippen LogP) is 3.48. The number of benzene rings is 2. The van der Waals surface area contributed by atoms with Gasteiger partial charge in [0.25, 0.3) is 0 Å². The van der Waals surface area contributed by atoms with Crippen molar-refractivity contribution < 1.29 is 9.53 Å². The number of allylic oxidation sites excluding steroid dienone is 1. The molecule has 0 fully saturated rings. The number of carbonyl (C=O) groups excluding carboxylic acids is 1. The molecule has 0 radical (unpaired) electrons. The molecule has 0 unspecified atom stereocenters. The number of rotatable bonds is 7. The highest BCUT2D eigenvalue weighted by Gasteiger charge is 2.14. The Hall–Kier alpha value is -2.39. The van der Waals surface area contributed by atoms with Gasteiger partial charge in [-0.1, -0.05) is 72.8 Å². The molecule has 0 aliphatic rings. The van der Waals surface area contributed by atoms with E-state index in [1.54, 1.807) is 0 Å². The molecule has 22 heavy (non-hydrogen) atoms. The summed E-state index contributed by atoms with van der Waals surface area (Å²) >= 11 is 0. The Kier molecular flexibility index (Phi) is 6.39. The van der Waals surface area contributed by atoms with Crippen molar-refractivity contribution in [3.63, 3.8) is 0 Å². The third-order valence-electron chi connectivity index (χ3n) is 3.29. The molecule has 3 heteroatoms. The van der Waals surface area contributed by atoms with Gasteiger partial charge >= 0.3 is 5.97 Å². The Labute approximate surface area is 131 Å². The minimum atomic E-state index is -0.255. The van der Waals surface area contributed by atoms with Crippen molar-refractivity contribution in [1.29, 1.82) is 0 Å². The Bertz CT molecular complexity index is 554. The largest absolute Gasteiger partial charge is 0.461 e. The van der Waals surface area contributed by atoms with Gasteiger partial charge < -0.3 is 4.74 Å². The lowest BCUT2D eigenvalue weighted by molar-refractivity contribution is -0.141. The molecule has 0 aliphatic carbocycles. The summed E-state index contributed by atoms with van der Waals surface area (Å²) in [7, 11) is 0. The van der Waals surface area contributed by atoms with Crippen molar-refractivity contribution >= 4 is 5.97 Å². The summed E-state index contributed by atoms with van der Waals surface area (Å²) < 4.78 is 5.12. The summed E-state index contributed by atoms with van der Waals surface area (Å²) in [5.41, 5.74) is 2.24. The van der Waals surface area contributed by atoms with Crippen molar-refractivity contribution in [2.24, 2.45) is 0 Å². The van der Waals surface area contributed by atoms with Crippen LogP contribution in [0.4, 0.5) is 0 Å². The minimum absolute atomic E-state index is 0.0309. The molecule has 0 amide bonds. The van der Waals surface area contributed by atoms with Crippen LogP contribution < -0.4 is 5.32 Å². The molecule has 3 nitrogen and oxygen atoms in total. The molecule has 2 aromatic rings. The predicted molar refractivity (Wildman–Crippen MR) is 88.5 cm³/mol. The Morgan fingerprint density at radius 3 is 2.09 bits per heavy atom. The highest BCUT2D eigenvalue weighted by atomic mass is 16.5. The number of ether oxygens (including phenoxy) is 1. The average molecular weight is 295 g/mol. The fraction of sp³-hybridized carbons (Fsp3) is 0.211. The summed E-state index contributed by atoms with van der Waals surface area (Å²) in [4.78, 5) is 11.8. The van der Waals surface area contributed by atoms with Crippen LogP contribution >= 0.6 is 0 Å². The number of nitrogens with one attached hydrogen (secondary N) is 1. The van der Waals surface area contributed by atoms with E-state index in [-0.39, 0.29) is 18.6 Å². The molecule has 0 saturated heterocycles. The van der Waals surface area contributed by atoms with Gasteiger partial charge in [0.05, 0.1) is 12.6 Å². The topological polar surface area (TPSA) is 38.3 Å². The van der Waals surface area contributed by atoms with E-state index < -0.39 is 0 Å². The second-order valence-corrected chi connectivity index (χ2v) is 4.89. The lowest BCUT2D eigenvalue weighted by Crippen LogP contribution is -2.29. The van der Waals surface area contributed by atoms with Crippen LogP contribution in [0.15, 0.2) is 72.8 Å². The standard InChI is InChI=1S/C19H21NO2/c1-2-3-14-22-18(21)15-20-19(16-10-6-4-7-11-16)17-12-8-5-9-13-17/h2-13,19-20H,14-15H2,1H3/b3-2+. The Balaban J connectivity index is 2.05. The second kappa shape index (κ2) is 8.80. The summed E-state index contributed by atoms with van der Waals surface area (Å²) in [6.07, 6.45) is 3.67. The molecule has 0 aromatic heterocycles. The van der Waals surface area contributed by atoms with Crippen molar-refractivity contribution in [3.8, 4) is 0 Å². The van der Waals surface area contributed by atoms with Crippen LogP contribution in [0.3, 0.4) is 0 Å². The lowest BCUT2D eigenvalue weighted by atomic mass is 9.99. The van der Waals surface area contributed by atoms with E-state index >= 15 is 0 Å². The van der Waals surface area contributed by atoms with Crippen molar-refractivity contribution in [2.75, 3.05) is 13.2 Å². The molecule has 2 aromatic carbocycles. The SMILES string of the molecule is C/C=C/COC(=O)CNC(c1ccccc1)c1ccccc1. The number of carbonyl (C=O) groups is 1. The molecule has 1 N–H and O–H groups in total. The molecule has 0 aliphatic heterocycles. The van der Waals surface area contributed by atoms with Crippen LogP contribution in [0.2, 0.25) is 0 Å². The first kappa shape index (κ1) is 16.0. The van der Waals surface area contributed by atoms with Gasteiger partial charge in [-0.3, -0.25) is 10.1 Å². The van der Waals surface area contributed by atoms with Crippen LogP contribution in [0, 0.1) is 0 Å². The summed E-state index contributed by atoms with van der Waals surface area (Å²) in [6, 6.07) is 20.1. The lowest BCUT2D eigenvalue weighted by Gasteiger charge is -2.19. The van der Waals surface area contributed by atoms with Crippen molar-refractivity contribution in [1.82, 2.24) is 5.32 Å². The van der Waals surface area contributed by atoms with Gasteiger partial charge in [0.1, 0.15) is 6.61 Å². The molecule has 114 valence electrons. The molecule has 0 atom stereocenters. The van der Waals surface area contributed by atoms with Gasteiger partial charge in [0, 0.05) is 0 Å².